The molecule has 3 aromatic rings. The summed E-state index contributed by atoms with van der Waals surface area (Å²) in [5.41, 5.74) is 5.50. The number of nitrogens with zero attached hydrogens (tertiary/aromatic N) is 1. The van der Waals surface area contributed by atoms with Gasteiger partial charge in [-0.25, -0.2) is 4.90 Å². The number of carbonyl (C=O) groups is 2. The lowest BCUT2D eigenvalue weighted by molar-refractivity contribution is -0.120. The second-order valence-corrected chi connectivity index (χ2v) is 7.87. The Kier molecular flexibility index (Phi) is 5.18. The normalized spacial score (nSPS) is 13.9. The van der Waals surface area contributed by atoms with Gasteiger partial charge in [-0.15, -0.1) is 0 Å². The average molecular weight is 417 g/mol. The van der Waals surface area contributed by atoms with Crippen molar-refractivity contribution in [3.8, 4) is 0 Å². The molecule has 150 valence electrons. The van der Waals surface area contributed by atoms with Crippen molar-refractivity contribution in [2.45, 2.75) is 20.8 Å². The van der Waals surface area contributed by atoms with Gasteiger partial charge in [0.05, 0.1) is 16.3 Å². The zero-order valence-electron chi connectivity index (χ0n) is 17.0. The molecule has 5 heteroatoms. The molecule has 3 aromatic carbocycles. The van der Waals surface area contributed by atoms with E-state index >= 15 is 0 Å². The Morgan fingerprint density at radius 3 is 2.23 bits per heavy atom. The topological polar surface area (TPSA) is 49.4 Å². The van der Waals surface area contributed by atoms with E-state index in [0.29, 0.717) is 16.3 Å². The van der Waals surface area contributed by atoms with Crippen LogP contribution in [-0.4, -0.2) is 11.8 Å². The van der Waals surface area contributed by atoms with Crippen LogP contribution in [0, 0.1) is 20.8 Å². The lowest BCUT2D eigenvalue weighted by Gasteiger charge is -2.17. The SMILES string of the molecule is Cc1cccc(NC2=C(c3ccc(C)cc3C)C(=O)N(c3ccccc3Cl)C2=O)c1. The average Bonchev–Trinajstić information content (AvgIpc) is 2.93. The first-order valence-electron chi connectivity index (χ1n) is 9.65. The van der Waals surface area contributed by atoms with Crippen LogP contribution in [-0.2, 0) is 9.59 Å². The number of benzene rings is 3. The summed E-state index contributed by atoms with van der Waals surface area (Å²) in [6, 6.07) is 20.4. The zero-order chi connectivity index (χ0) is 21.4. The first kappa shape index (κ1) is 19.9. The number of anilines is 2. The fourth-order valence-electron chi connectivity index (χ4n) is 3.71. The lowest BCUT2D eigenvalue weighted by Crippen LogP contribution is -2.32. The van der Waals surface area contributed by atoms with Crippen LogP contribution in [0.1, 0.15) is 22.3 Å². The van der Waals surface area contributed by atoms with Gasteiger partial charge < -0.3 is 5.32 Å². The number of aryl methyl sites for hydroxylation is 3. The monoisotopic (exact) mass is 416 g/mol. The van der Waals surface area contributed by atoms with Gasteiger partial charge in [-0.1, -0.05) is 59.6 Å². The molecule has 2 amide bonds. The maximum atomic E-state index is 13.5. The maximum absolute atomic E-state index is 13.5. The summed E-state index contributed by atoms with van der Waals surface area (Å²) < 4.78 is 0. The van der Waals surface area contributed by atoms with Gasteiger partial charge in [-0.2, -0.15) is 0 Å². The largest absolute Gasteiger partial charge is 0.350 e. The number of amides is 2. The Morgan fingerprint density at radius 1 is 0.800 bits per heavy atom. The smallest absolute Gasteiger partial charge is 0.282 e. The van der Waals surface area contributed by atoms with Crippen LogP contribution in [0.25, 0.3) is 5.57 Å². The Hall–Kier alpha value is -3.37. The lowest BCUT2D eigenvalue weighted by atomic mass is 9.97. The van der Waals surface area contributed by atoms with Crippen molar-refractivity contribution in [2.24, 2.45) is 0 Å². The van der Waals surface area contributed by atoms with Crippen molar-refractivity contribution in [1.82, 2.24) is 0 Å². The number of para-hydroxylation sites is 1. The predicted molar refractivity (Wildman–Crippen MR) is 122 cm³/mol. The van der Waals surface area contributed by atoms with Crippen LogP contribution in [0.15, 0.2) is 72.4 Å². The summed E-state index contributed by atoms with van der Waals surface area (Å²) in [7, 11) is 0. The minimum Gasteiger partial charge on any atom is -0.350 e. The van der Waals surface area contributed by atoms with E-state index < -0.39 is 11.8 Å². The summed E-state index contributed by atoms with van der Waals surface area (Å²) in [6.07, 6.45) is 0. The van der Waals surface area contributed by atoms with Crippen molar-refractivity contribution in [3.05, 3.63) is 99.7 Å². The molecule has 30 heavy (non-hydrogen) atoms. The molecule has 0 saturated carbocycles. The highest BCUT2D eigenvalue weighted by molar-refractivity contribution is 6.48. The van der Waals surface area contributed by atoms with Crippen LogP contribution < -0.4 is 10.2 Å². The van der Waals surface area contributed by atoms with E-state index in [1.165, 1.54) is 0 Å². The zero-order valence-corrected chi connectivity index (χ0v) is 17.7. The molecule has 4 nitrogen and oxygen atoms in total. The molecule has 0 bridgehead atoms. The van der Waals surface area contributed by atoms with Gasteiger partial charge in [0, 0.05) is 5.69 Å². The van der Waals surface area contributed by atoms with Gasteiger partial charge in [0.25, 0.3) is 11.8 Å². The summed E-state index contributed by atoms with van der Waals surface area (Å²) in [4.78, 5) is 28.1. The molecule has 0 radical (unpaired) electrons. The van der Waals surface area contributed by atoms with Crippen molar-refractivity contribution in [3.63, 3.8) is 0 Å². The minimum atomic E-state index is -0.426. The molecule has 1 aliphatic rings. The quantitative estimate of drug-likeness (QED) is 0.558. The summed E-state index contributed by atoms with van der Waals surface area (Å²) in [6.45, 7) is 5.91. The Bertz CT molecular complexity index is 1210. The molecule has 0 unspecified atom stereocenters. The van der Waals surface area contributed by atoms with Crippen molar-refractivity contribution in [1.29, 1.82) is 0 Å². The Labute approximate surface area is 180 Å². The molecule has 4 rings (SSSR count). The first-order chi connectivity index (χ1) is 14.4. The minimum absolute atomic E-state index is 0.248. The highest BCUT2D eigenvalue weighted by Crippen LogP contribution is 2.37. The third-order valence-electron chi connectivity index (χ3n) is 5.12. The Morgan fingerprint density at radius 2 is 1.53 bits per heavy atom. The maximum Gasteiger partial charge on any atom is 0.282 e. The van der Waals surface area contributed by atoms with Crippen LogP contribution >= 0.6 is 11.6 Å². The van der Waals surface area contributed by atoms with Gasteiger partial charge >= 0.3 is 0 Å². The third kappa shape index (κ3) is 3.51. The molecule has 0 saturated heterocycles. The van der Waals surface area contributed by atoms with Gasteiger partial charge in [0.2, 0.25) is 0 Å². The van der Waals surface area contributed by atoms with E-state index in [1.54, 1.807) is 24.3 Å². The molecular weight excluding hydrogens is 396 g/mol. The van der Waals surface area contributed by atoms with Gasteiger partial charge in [0.15, 0.2) is 0 Å². The molecule has 0 atom stereocenters. The molecule has 0 aromatic heterocycles. The molecule has 1 aliphatic heterocycles. The number of hydrogen-bond donors (Lipinski definition) is 1. The number of nitrogens with one attached hydrogen (secondary N) is 1. The van der Waals surface area contributed by atoms with E-state index in [2.05, 4.69) is 5.32 Å². The van der Waals surface area contributed by atoms with E-state index in [0.717, 1.165) is 32.8 Å². The highest BCUT2D eigenvalue weighted by atomic mass is 35.5. The van der Waals surface area contributed by atoms with Crippen molar-refractivity contribution >= 4 is 40.4 Å². The second kappa shape index (κ2) is 7.81. The number of hydrogen-bond acceptors (Lipinski definition) is 3. The molecule has 0 fully saturated rings. The standard InChI is InChI=1S/C25H21ClN2O2/c1-15-7-6-8-18(14-15)27-23-22(19-12-11-16(2)13-17(19)3)24(29)28(25(23)30)21-10-5-4-9-20(21)26/h4-14,27H,1-3H3. The fraction of sp³-hybridized carbons (Fsp3) is 0.120. The first-order valence-corrected chi connectivity index (χ1v) is 10.0. The summed E-state index contributed by atoms with van der Waals surface area (Å²) in [5.74, 6) is -0.820. The molecule has 0 aliphatic carbocycles. The van der Waals surface area contributed by atoms with E-state index in [-0.39, 0.29) is 5.70 Å². The van der Waals surface area contributed by atoms with Crippen LogP contribution in [0.2, 0.25) is 5.02 Å². The van der Waals surface area contributed by atoms with E-state index in [1.807, 2.05) is 63.2 Å². The number of imide groups is 1. The molecule has 1 N–H and O–H groups in total. The Balaban J connectivity index is 1.89. The fourth-order valence-corrected chi connectivity index (χ4v) is 3.93. The van der Waals surface area contributed by atoms with Crippen LogP contribution in [0.3, 0.4) is 0 Å². The van der Waals surface area contributed by atoms with Gasteiger partial charge in [-0.3, -0.25) is 9.59 Å². The van der Waals surface area contributed by atoms with E-state index in [9.17, 15) is 9.59 Å². The van der Waals surface area contributed by atoms with Crippen molar-refractivity contribution < 1.29 is 9.59 Å². The van der Waals surface area contributed by atoms with Crippen LogP contribution in [0.4, 0.5) is 11.4 Å². The molecule has 1 heterocycles. The summed E-state index contributed by atoms with van der Waals surface area (Å²) >= 11 is 6.32. The summed E-state index contributed by atoms with van der Waals surface area (Å²) in [5, 5.41) is 3.54. The van der Waals surface area contributed by atoms with E-state index in [4.69, 9.17) is 11.6 Å². The van der Waals surface area contributed by atoms with Crippen molar-refractivity contribution in [2.75, 3.05) is 10.2 Å². The van der Waals surface area contributed by atoms with Crippen LogP contribution in [0.5, 0.6) is 0 Å². The number of carbonyl (C=O) groups excluding carboxylic acids is 2. The predicted octanol–water partition coefficient (Wildman–Crippen LogP) is 5.66. The third-order valence-corrected chi connectivity index (χ3v) is 5.44. The van der Waals surface area contributed by atoms with Gasteiger partial charge in [0.1, 0.15) is 5.70 Å². The second-order valence-electron chi connectivity index (χ2n) is 7.46. The number of halogens is 1. The van der Waals surface area contributed by atoms with Gasteiger partial charge in [-0.05, 0) is 61.7 Å². The molecule has 0 spiro atoms. The molecular formula is C25H21ClN2O2. The highest BCUT2D eigenvalue weighted by Gasteiger charge is 2.41. The number of rotatable bonds is 4.